The van der Waals surface area contributed by atoms with Crippen LogP contribution >= 0.6 is 0 Å². The highest BCUT2D eigenvalue weighted by molar-refractivity contribution is 6.05. The molecule has 2 N–H and O–H groups in total. The van der Waals surface area contributed by atoms with Gasteiger partial charge in [0.1, 0.15) is 6.04 Å². The summed E-state index contributed by atoms with van der Waals surface area (Å²) in [6, 6.07) is 13.6. The predicted molar refractivity (Wildman–Crippen MR) is 94.9 cm³/mol. The Balaban J connectivity index is 1.48. The second kappa shape index (κ2) is 8.24. The van der Waals surface area contributed by atoms with Gasteiger partial charge in [0.05, 0.1) is 13.0 Å². The van der Waals surface area contributed by atoms with Crippen LogP contribution in [0.4, 0.5) is 4.79 Å². The van der Waals surface area contributed by atoms with Gasteiger partial charge < -0.3 is 10.6 Å². The molecule has 1 saturated heterocycles. The summed E-state index contributed by atoms with van der Waals surface area (Å²) >= 11 is 0. The van der Waals surface area contributed by atoms with Crippen molar-refractivity contribution in [1.29, 1.82) is 0 Å². The normalized spacial score (nSPS) is 16.5. The van der Waals surface area contributed by atoms with Crippen LogP contribution in [0.25, 0.3) is 0 Å². The van der Waals surface area contributed by atoms with Gasteiger partial charge in [-0.2, -0.15) is 0 Å². The molecule has 7 heteroatoms. The van der Waals surface area contributed by atoms with E-state index in [0.717, 1.165) is 16.2 Å². The van der Waals surface area contributed by atoms with E-state index < -0.39 is 12.1 Å². The van der Waals surface area contributed by atoms with Gasteiger partial charge in [-0.15, -0.1) is 0 Å². The summed E-state index contributed by atoms with van der Waals surface area (Å²) in [6.45, 7) is 0.627. The summed E-state index contributed by atoms with van der Waals surface area (Å²) < 4.78 is 0. The molecule has 1 aromatic carbocycles. The topological polar surface area (TPSA) is 91.4 Å². The Bertz CT molecular complexity index is 780. The maximum absolute atomic E-state index is 12.4. The first-order valence-corrected chi connectivity index (χ1v) is 8.46. The number of carbonyl (C=O) groups excluding carboxylic acids is 3. The fourth-order valence-electron chi connectivity index (χ4n) is 2.76. The molecule has 26 heavy (non-hydrogen) atoms. The molecule has 4 amide bonds. The van der Waals surface area contributed by atoms with E-state index in [1.165, 1.54) is 0 Å². The number of nitrogens with one attached hydrogen (secondary N) is 2. The number of benzene rings is 1. The monoisotopic (exact) mass is 352 g/mol. The fourth-order valence-corrected chi connectivity index (χ4v) is 2.76. The van der Waals surface area contributed by atoms with Gasteiger partial charge in [-0.1, -0.05) is 36.4 Å². The van der Waals surface area contributed by atoms with E-state index in [0.29, 0.717) is 13.0 Å². The molecule has 7 nitrogen and oxygen atoms in total. The fraction of sp³-hybridized carbons (Fsp3) is 0.263. The van der Waals surface area contributed by atoms with Crippen LogP contribution in [0.1, 0.15) is 17.7 Å². The van der Waals surface area contributed by atoms with Gasteiger partial charge in [0, 0.05) is 24.9 Å². The van der Waals surface area contributed by atoms with Crippen molar-refractivity contribution in [2.45, 2.75) is 25.4 Å². The third-order valence-electron chi connectivity index (χ3n) is 4.11. The predicted octanol–water partition coefficient (Wildman–Crippen LogP) is 1.25. The number of hydrogen-bond acceptors (Lipinski definition) is 4. The number of amides is 4. The van der Waals surface area contributed by atoms with Gasteiger partial charge >= 0.3 is 6.03 Å². The molecule has 2 aromatic rings. The van der Waals surface area contributed by atoms with E-state index in [4.69, 9.17) is 0 Å². The molecule has 1 unspecified atom stereocenters. The summed E-state index contributed by atoms with van der Waals surface area (Å²) in [4.78, 5) is 41.8. The summed E-state index contributed by atoms with van der Waals surface area (Å²) in [5, 5.41) is 5.33. The van der Waals surface area contributed by atoms with Crippen LogP contribution < -0.4 is 10.6 Å². The lowest BCUT2D eigenvalue weighted by Gasteiger charge is -2.13. The molecular formula is C19H20N4O3. The summed E-state index contributed by atoms with van der Waals surface area (Å²) in [5.74, 6) is -0.653. The highest BCUT2D eigenvalue weighted by atomic mass is 16.2. The minimum atomic E-state index is -0.818. The zero-order chi connectivity index (χ0) is 18.4. The maximum Gasteiger partial charge on any atom is 0.325 e. The average Bonchev–Trinajstić information content (AvgIpc) is 2.91. The molecule has 3 rings (SSSR count). The Morgan fingerprint density at radius 1 is 1.12 bits per heavy atom. The van der Waals surface area contributed by atoms with Crippen molar-refractivity contribution in [1.82, 2.24) is 20.5 Å². The van der Waals surface area contributed by atoms with E-state index in [1.807, 2.05) is 48.5 Å². The SMILES string of the molecule is O=C(CC1NC(=O)N(Cc2ccccc2)C1=O)NCCc1ccccn1. The van der Waals surface area contributed by atoms with Gasteiger partial charge in [0.25, 0.3) is 5.91 Å². The molecule has 1 aliphatic rings. The minimum Gasteiger partial charge on any atom is -0.356 e. The van der Waals surface area contributed by atoms with E-state index >= 15 is 0 Å². The molecule has 2 heterocycles. The van der Waals surface area contributed by atoms with Crippen molar-refractivity contribution >= 4 is 17.8 Å². The van der Waals surface area contributed by atoms with Crippen molar-refractivity contribution in [2.75, 3.05) is 6.54 Å². The quantitative estimate of drug-likeness (QED) is 0.734. The van der Waals surface area contributed by atoms with E-state index in [9.17, 15) is 14.4 Å². The number of rotatable bonds is 7. The van der Waals surface area contributed by atoms with Gasteiger partial charge in [0.2, 0.25) is 5.91 Å². The molecule has 1 fully saturated rings. The zero-order valence-corrected chi connectivity index (χ0v) is 14.2. The number of imide groups is 1. The van der Waals surface area contributed by atoms with Gasteiger partial charge in [-0.3, -0.25) is 19.5 Å². The molecule has 0 aliphatic carbocycles. The van der Waals surface area contributed by atoms with Crippen LogP contribution in [0.15, 0.2) is 54.7 Å². The second-order valence-corrected chi connectivity index (χ2v) is 6.04. The first kappa shape index (κ1) is 17.6. The Labute approximate surface area is 151 Å². The Hall–Kier alpha value is -3.22. The summed E-state index contributed by atoms with van der Waals surface area (Å²) in [7, 11) is 0. The van der Waals surface area contributed by atoms with Crippen LogP contribution in [0, 0.1) is 0 Å². The first-order valence-electron chi connectivity index (χ1n) is 8.46. The molecule has 0 radical (unpaired) electrons. The first-order chi connectivity index (χ1) is 12.6. The Morgan fingerprint density at radius 3 is 2.62 bits per heavy atom. The van der Waals surface area contributed by atoms with Gasteiger partial charge in [0.15, 0.2) is 0 Å². The van der Waals surface area contributed by atoms with Crippen LogP contribution in [0.3, 0.4) is 0 Å². The van der Waals surface area contributed by atoms with Gasteiger partial charge in [-0.25, -0.2) is 4.79 Å². The lowest BCUT2D eigenvalue weighted by molar-refractivity contribution is -0.131. The second-order valence-electron chi connectivity index (χ2n) is 6.04. The number of aromatic nitrogens is 1. The summed E-state index contributed by atoms with van der Waals surface area (Å²) in [6.07, 6.45) is 2.24. The van der Waals surface area contributed by atoms with Gasteiger partial charge in [-0.05, 0) is 17.7 Å². The number of nitrogens with zero attached hydrogens (tertiary/aromatic N) is 2. The number of urea groups is 1. The van der Waals surface area contributed by atoms with Crippen LogP contribution in [0.2, 0.25) is 0 Å². The highest BCUT2D eigenvalue weighted by Crippen LogP contribution is 2.13. The van der Waals surface area contributed by atoms with E-state index in [1.54, 1.807) is 6.20 Å². The largest absolute Gasteiger partial charge is 0.356 e. The molecule has 0 bridgehead atoms. The van der Waals surface area contributed by atoms with Crippen molar-refractivity contribution in [2.24, 2.45) is 0 Å². The standard InChI is InChI=1S/C19H20N4O3/c24-17(21-11-9-15-8-4-5-10-20-15)12-16-18(25)23(19(26)22-16)13-14-6-2-1-3-7-14/h1-8,10,16H,9,11-13H2,(H,21,24)(H,22,26). The molecule has 0 saturated carbocycles. The maximum atomic E-state index is 12.4. The van der Waals surface area contributed by atoms with Crippen molar-refractivity contribution < 1.29 is 14.4 Å². The zero-order valence-electron chi connectivity index (χ0n) is 14.2. The van der Waals surface area contributed by atoms with E-state index in [2.05, 4.69) is 15.6 Å². The third-order valence-corrected chi connectivity index (χ3v) is 4.11. The Kier molecular flexibility index (Phi) is 5.58. The van der Waals surface area contributed by atoms with Crippen molar-refractivity contribution in [3.8, 4) is 0 Å². The van der Waals surface area contributed by atoms with Crippen LogP contribution in [-0.4, -0.2) is 40.3 Å². The molecule has 134 valence electrons. The molecular weight excluding hydrogens is 332 g/mol. The molecule has 0 spiro atoms. The van der Waals surface area contributed by atoms with Crippen molar-refractivity contribution in [3.63, 3.8) is 0 Å². The van der Waals surface area contributed by atoms with E-state index in [-0.39, 0.29) is 24.8 Å². The van der Waals surface area contributed by atoms with Crippen molar-refractivity contribution in [3.05, 3.63) is 66.0 Å². The lowest BCUT2D eigenvalue weighted by Crippen LogP contribution is -2.37. The highest BCUT2D eigenvalue weighted by Gasteiger charge is 2.38. The number of hydrogen-bond donors (Lipinski definition) is 2. The Morgan fingerprint density at radius 2 is 1.88 bits per heavy atom. The molecule has 1 atom stereocenters. The smallest absolute Gasteiger partial charge is 0.325 e. The number of pyridine rings is 1. The summed E-state index contributed by atoms with van der Waals surface area (Å²) in [5.41, 5.74) is 1.74. The average molecular weight is 352 g/mol. The van der Waals surface area contributed by atoms with Crippen LogP contribution in [0.5, 0.6) is 0 Å². The van der Waals surface area contributed by atoms with Crippen LogP contribution in [-0.2, 0) is 22.6 Å². The minimum absolute atomic E-state index is 0.0713. The lowest BCUT2D eigenvalue weighted by atomic mass is 10.1. The number of carbonyl (C=O) groups is 3. The third kappa shape index (κ3) is 4.44. The molecule has 1 aromatic heterocycles. The molecule has 1 aliphatic heterocycles.